The summed E-state index contributed by atoms with van der Waals surface area (Å²) in [6.07, 6.45) is 0.908. The molecule has 2 N–H and O–H groups in total. The maximum absolute atomic E-state index is 11.8. The van der Waals surface area contributed by atoms with E-state index in [0.717, 1.165) is 11.3 Å². The van der Waals surface area contributed by atoms with E-state index in [2.05, 4.69) is 0 Å². The molecular formula is C9H12N2O2S. The van der Waals surface area contributed by atoms with Crippen LogP contribution in [0, 0.1) is 6.92 Å². The smallest absolute Gasteiger partial charge is 0.287 e. The van der Waals surface area contributed by atoms with Crippen molar-refractivity contribution in [1.82, 2.24) is 5.06 Å². The lowest BCUT2D eigenvalue weighted by Crippen LogP contribution is -2.25. The van der Waals surface area contributed by atoms with Crippen LogP contribution < -0.4 is 5.73 Å². The first-order valence-electron chi connectivity index (χ1n) is 4.49. The Morgan fingerprint density at radius 3 is 3.00 bits per heavy atom. The van der Waals surface area contributed by atoms with Gasteiger partial charge in [-0.1, -0.05) is 0 Å². The van der Waals surface area contributed by atoms with E-state index < -0.39 is 0 Å². The Morgan fingerprint density at radius 2 is 2.50 bits per heavy atom. The zero-order valence-electron chi connectivity index (χ0n) is 7.95. The Morgan fingerprint density at radius 1 is 1.71 bits per heavy atom. The SMILES string of the molecule is Cc1sc(C(=O)N2CCCO2)cc1N. The summed E-state index contributed by atoms with van der Waals surface area (Å²) in [5, 5.41) is 1.41. The lowest BCUT2D eigenvalue weighted by atomic mass is 10.3. The summed E-state index contributed by atoms with van der Waals surface area (Å²) in [7, 11) is 0. The third kappa shape index (κ3) is 1.60. The predicted molar refractivity (Wildman–Crippen MR) is 55.1 cm³/mol. The van der Waals surface area contributed by atoms with Gasteiger partial charge in [-0.3, -0.25) is 9.63 Å². The number of carbonyl (C=O) groups is 1. The second kappa shape index (κ2) is 3.59. The summed E-state index contributed by atoms with van der Waals surface area (Å²) in [6.45, 7) is 3.21. The predicted octanol–water partition coefficient (Wildman–Crippen LogP) is 1.42. The van der Waals surface area contributed by atoms with Gasteiger partial charge in [0.15, 0.2) is 0 Å². The third-order valence-electron chi connectivity index (χ3n) is 2.15. The van der Waals surface area contributed by atoms with Crippen molar-refractivity contribution in [3.63, 3.8) is 0 Å². The zero-order chi connectivity index (χ0) is 10.1. The second-order valence-electron chi connectivity index (χ2n) is 3.22. The number of thiophene rings is 1. The minimum atomic E-state index is -0.0766. The number of hydrogen-bond acceptors (Lipinski definition) is 4. The quantitative estimate of drug-likeness (QED) is 0.766. The maximum Gasteiger partial charge on any atom is 0.287 e. The summed E-state index contributed by atoms with van der Waals surface area (Å²) in [4.78, 5) is 18.6. The summed E-state index contributed by atoms with van der Waals surface area (Å²) in [5.41, 5.74) is 6.35. The van der Waals surface area contributed by atoms with Crippen molar-refractivity contribution in [3.8, 4) is 0 Å². The second-order valence-corrected chi connectivity index (χ2v) is 4.47. The Kier molecular flexibility index (Phi) is 2.43. The molecule has 2 heterocycles. The van der Waals surface area contributed by atoms with E-state index >= 15 is 0 Å². The Bertz CT molecular complexity index is 336. The van der Waals surface area contributed by atoms with Gasteiger partial charge in [0.05, 0.1) is 18.0 Å². The van der Waals surface area contributed by atoms with Crippen LogP contribution in [0.3, 0.4) is 0 Å². The summed E-state index contributed by atoms with van der Waals surface area (Å²) in [5.74, 6) is -0.0766. The minimum Gasteiger partial charge on any atom is -0.398 e. The number of rotatable bonds is 1. The number of carbonyl (C=O) groups excluding carboxylic acids is 1. The van der Waals surface area contributed by atoms with Gasteiger partial charge in [0, 0.05) is 10.6 Å². The molecule has 2 rings (SSSR count). The molecule has 1 amide bonds. The van der Waals surface area contributed by atoms with E-state index in [4.69, 9.17) is 10.6 Å². The molecule has 5 heteroatoms. The van der Waals surface area contributed by atoms with Gasteiger partial charge in [-0.25, -0.2) is 5.06 Å². The Hall–Kier alpha value is -1.07. The highest BCUT2D eigenvalue weighted by Gasteiger charge is 2.22. The van der Waals surface area contributed by atoms with E-state index in [1.807, 2.05) is 6.92 Å². The number of nitrogens with two attached hydrogens (primary N) is 1. The molecule has 1 aliphatic rings. The molecule has 1 aliphatic heterocycles. The number of amides is 1. The number of nitrogens with zero attached hydrogens (tertiary/aromatic N) is 1. The summed E-state index contributed by atoms with van der Waals surface area (Å²) >= 11 is 1.41. The van der Waals surface area contributed by atoms with Crippen LogP contribution in [0.2, 0.25) is 0 Å². The van der Waals surface area contributed by atoms with Crippen LogP contribution in [0.25, 0.3) is 0 Å². The molecule has 0 radical (unpaired) electrons. The van der Waals surface area contributed by atoms with Gasteiger partial charge in [0.1, 0.15) is 0 Å². The normalized spacial score (nSPS) is 16.2. The average Bonchev–Trinajstić information content (AvgIpc) is 2.76. The average molecular weight is 212 g/mol. The first-order valence-corrected chi connectivity index (χ1v) is 5.31. The summed E-state index contributed by atoms with van der Waals surface area (Å²) < 4.78 is 0. The molecule has 0 saturated carbocycles. The molecule has 1 fully saturated rings. The van der Waals surface area contributed by atoms with Crippen molar-refractivity contribution in [2.24, 2.45) is 0 Å². The number of hydrogen-bond donors (Lipinski definition) is 1. The van der Waals surface area contributed by atoms with E-state index in [-0.39, 0.29) is 5.91 Å². The lowest BCUT2D eigenvalue weighted by molar-refractivity contribution is -0.0765. The van der Waals surface area contributed by atoms with Gasteiger partial charge in [0.25, 0.3) is 5.91 Å². The highest BCUT2D eigenvalue weighted by molar-refractivity contribution is 7.14. The molecule has 0 unspecified atom stereocenters. The maximum atomic E-state index is 11.8. The van der Waals surface area contributed by atoms with Crippen molar-refractivity contribution in [2.45, 2.75) is 13.3 Å². The van der Waals surface area contributed by atoms with Crippen molar-refractivity contribution < 1.29 is 9.63 Å². The van der Waals surface area contributed by atoms with Gasteiger partial charge in [0.2, 0.25) is 0 Å². The number of nitrogen functional groups attached to an aromatic ring is 1. The minimum absolute atomic E-state index is 0.0766. The zero-order valence-corrected chi connectivity index (χ0v) is 8.76. The van der Waals surface area contributed by atoms with E-state index in [1.165, 1.54) is 16.4 Å². The molecule has 0 atom stereocenters. The molecule has 14 heavy (non-hydrogen) atoms. The van der Waals surface area contributed by atoms with Crippen molar-refractivity contribution >= 4 is 22.9 Å². The van der Waals surface area contributed by atoms with E-state index in [9.17, 15) is 4.79 Å². The fourth-order valence-corrected chi connectivity index (χ4v) is 2.21. The number of hydroxylamine groups is 2. The van der Waals surface area contributed by atoms with E-state index in [0.29, 0.717) is 23.7 Å². The van der Waals surface area contributed by atoms with Crippen LogP contribution in [0.5, 0.6) is 0 Å². The van der Waals surface area contributed by atoms with Crippen LogP contribution in [0.1, 0.15) is 21.0 Å². The van der Waals surface area contributed by atoms with Crippen LogP contribution in [0.4, 0.5) is 5.69 Å². The van der Waals surface area contributed by atoms with Gasteiger partial charge in [-0.2, -0.15) is 0 Å². The Balaban J connectivity index is 2.18. The number of aryl methyl sites for hydroxylation is 1. The van der Waals surface area contributed by atoms with Crippen LogP contribution in [-0.4, -0.2) is 24.1 Å². The molecule has 1 aromatic heterocycles. The molecule has 0 bridgehead atoms. The largest absolute Gasteiger partial charge is 0.398 e. The molecule has 76 valence electrons. The lowest BCUT2D eigenvalue weighted by Gasteiger charge is -2.11. The standard InChI is InChI=1S/C9H12N2O2S/c1-6-7(10)5-8(14-6)9(12)11-3-2-4-13-11/h5H,2-4,10H2,1H3. The van der Waals surface area contributed by atoms with Gasteiger partial charge < -0.3 is 5.73 Å². The molecule has 0 aliphatic carbocycles. The van der Waals surface area contributed by atoms with E-state index in [1.54, 1.807) is 6.07 Å². The molecule has 0 spiro atoms. The van der Waals surface area contributed by atoms with Gasteiger partial charge >= 0.3 is 0 Å². The molecule has 4 nitrogen and oxygen atoms in total. The Labute approximate surface area is 86.2 Å². The third-order valence-corrected chi connectivity index (χ3v) is 3.20. The van der Waals surface area contributed by atoms with Crippen molar-refractivity contribution in [3.05, 3.63) is 15.8 Å². The van der Waals surface area contributed by atoms with Crippen molar-refractivity contribution in [1.29, 1.82) is 0 Å². The monoisotopic (exact) mass is 212 g/mol. The first-order chi connectivity index (χ1) is 6.68. The fourth-order valence-electron chi connectivity index (χ4n) is 1.33. The highest BCUT2D eigenvalue weighted by atomic mass is 32.1. The molecule has 1 saturated heterocycles. The van der Waals surface area contributed by atoms with Gasteiger partial charge in [-0.15, -0.1) is 11.3 Å². The van der Waals surface area contributed by atoms with Gasteiger partial charge in [-0.05, 0) is 19.4 Å². The fraction of sp³-hybridized carbons (Fsp3) is 0.444. The van der Waals surface area contributed by atoms with Crippen LogP contribution in [0.15, 0.2) is 6.07 Å². The molecule has 0 aromatic carbocycles. The highest BCUT2D eigenvalue weighted by Crippen LogP contribution is 2.25. The first kappa shape index (κ1) is 9.48. The number of anilines is 1. The molecular weight excluding hydrogens is 200 g/mol. The van der Waals surface area contributed by atoms with Crippen LogP contribution >= 0.6 is 11.3 Å². The molecule has 1 aromatic rings. The topological polar surface area (TPSA) is 55.6 Å². The van der Waals surface area contributed by atoms with Crippen molar-refractivity contribution in [2.75, 3.05) is 18.9 Å². The van der Waals surface area contributed by atoms with Crippen LogP contribution in [-0.2, 0) is 4.84 Å². The summed E-state index contributed by atoms with van der Waals surface area (Å²) in [6, 6.07) is 1.71.